The zero-order valence-corrected chi connectivity index (χ0v) is 16.3. The topological polar surface area (TPSA) is 63.6 Å². The predicted octanol–water partition coefficient (Wildman–Crippen LogP) is 6.12. The lowest BCUT2D eigenvalue weighted by atomic mass is 10.1. The van der Waals surface area contributed by atoms with E-state index in [1.54, 1.807) is 0 Å². The van der Waals surface area contributed by atoms with E-state index in [2.05, 4.69) is 6.92 Å². The van der Waals surface area contributed by atoms with Gasteiger partial charge in [-0.25, -0.2) is 0 Å². The van der Waals surface area contributed by atoms with E-state index in [-0.39, 0.29) is 12.4 Å². The molecule has 0 atom stereocenters. The Hall–Kier alpha value is -1.06. The molecule has 144 valence electrons. The highest BCUT2D eigenvalue weighted by Gasteiger charge is 2.03. The summed E-state index contributed by atoms with van der Waals surface area (Å²) in [6, 6.07) is 0. The van der Waals surface area contributed by atoms with E-state index >= 15 is 0 Å². The number of hydrogen-bond acceptors (Lipinski definition) is 3. The number of carboxylic acid groups (broad SMARTS) is 1. The van der Waals surface area contributed by atoms with Gasteiger partial charge in [-0.05, 0) is 19.3 Å². The molecule has 0 bridgehead atoms. The highest BCUT2D eigenvalue weighted by atomic mass is 16.5. The fourth-order valence-corrected chi connectivity index (χ4v) is 2.39. The van der Waals surface area contributed by atoms with Gasteiger partial charge in [-0.3, -0.25) is 9.59 Å². The van der Waals surface area contributed by atoms with E-state index in [4.69, 9.17) is 9.84 Å². The zero-order valence-electron chi connectivity index (χ0n) is 16.3. The van der Waals surface area contributed by atoms with Crippen LogP contribution in [0.2, 0.25) is 0 Å². The quantitative estimate of drug-likeness (QED) is 0.270. The van der Waals surface area contributed by atoms with Gasteiger partial charge in [0.25, 0.3) is 0 Å². The molecule has 0 aromatic carbocycles. The number of ether oxygens (including phenoxy) is 1. The van der Waals surface area contributed by atoms with E-state index in [9.17, 15) is 9.59 Å². The minimum Gasteiger partial charge on any atom is -0.481 e. The number of carbonyl (C=O) groups excluding carboxylic acids is 1. The van der Waals surface area contributed by atoms with Crippen molar-refractivity contribution >= 4 is 11.9 Å². The van der Waals surface area contributed by atoms with Gasteiger partial charge in [-0.2, -0.15) is 0 Å². The molecule has 0 aliphatic carbocycles. The first-order valence-corrected chi connectivity index (χ1v) is 10.0. The molecule has 0 saturated carbocycles. The van der Waals surface area contributed by atoms with Gasteiger partial charge in [0, 0.05) is 12.8 Å². The van der Waals surface area contributed by atoms with Crippen molar-refractivity contribution in [2.24, 2.45) is 0 Å². The Kier molecular flexibility index (Phi) is 23.0. The molecule has 0 spiro atoms. The molecule has 0 saturated heterocycles. The van der Waals surface area contributed by atoms with Crippen molar-refractivity contribution in [1.29, 1.82) is 0 Å². The molecule has 0 heterocycles. The molecule has 0 amide bonds. The summed E-state index contributed by atoms with van der Waals surface area (Å²) in [6.45, 7) is 6.75. The molecule has 24 heavy (non-hydrogen) atoms. The lowest BCUT2D eigenvalue weighted by molar-refractivity contribution is -0.144. The molecule has 0 aromatic heterocycles. The molecular formula is C20H40O4. The van der Waals surface area contributed by atoms with Crippen LogP contribution in [0.1, 0.15) is 111 Å². The number of unbranched alkanes of at least 4 members (excludes halogenated alkanes) is 10. The average Bonchev–Trinajstić information content (AvgIpc) is 2.58. The number of rotatable bonds is 16. The molecule has 0 fully saturated rings. The van der Waals surface area contributed by atoms with Crippen molar-refractivity contribution in [1.82, 2.24) is 0 Å². The summed E-state index contributed by atoms with van der Waals surface area (Å²) in [5, 5.41) is 8.48. The standard InChI is InChI=1S/C18H34O4.C2H6/c1-2-3-4-5-6-7-8-9-10-13-16-22-18(21)15-12-11-14-17(19)20;1-2/h2-16H2,1H3,(H,19,20);1-2H3. The lowest BCUT2D eigenvalue weighted by Gasteiger charge is -2.05. The van der Waals surface area contributed by atoms with Crippen LogP contribution in [0.25, 0.3) is 0 Å². The number of carbonyl (C=O) groups is 2. The normalized spacial score (nSPS) is 9.96. The van der Waals surface area contributed by atoms with Crippen LogP contribution in [0.5, 0.6) is 0 Å². The SMILES string of the molecule is CC.CCCCCCCCCCCCOC(=O)CCCCC(=O)O. The second-order valence-electron chi connectivity index (χ2n) is 6.00. The summed E-state index contributed by atoms with van der Waals surface area (Å²) >= 11 is 0. The van der Waals surface area contributed by atoms with Crippen LogP contribution in [0.4, 0.5) is 0 Å². The van der Waals surface area contributed by atoms with Gasteiger partial charge in [0.1, 0.15) is 0 Å². The number of carboxylic acids is 1. The van der Waals surface area contributed by atoms with Gasteiger partial charge in [0.2, 0.25) is 0 Å². The summed E-state index contributed by atoms with van der Waals surface area (Å²) in [5.41, 5.74) is 0. The molecular weight excluding hydrogens is 304 g/mol. The van der Waals surface area contributed by atoms with Gasteiger partial charge in [0.05, 0.1) is 6.61 Å². The first-order chi connectivity index (χ1) is 11.7. The Morgan fingerprint density at radius 2 is 1.17 bits per heavy atom. The smallest absolute Gasteiger partial charge is 0.305 e. The maximum Gasteiger partial charge on any atom is 0.305 e. The molecule has 0 aliphatic rings. The Morgan fingerprint density at radius 3 is 1.67 bits per heavy atom. The third kappa shape index (κ3) is 23.2. The largest absolute Gasteiger partial charge is 0.481 e. The Morgan fingerprint density at radius 1 is 0.708 bits per heavy atom. The Labute approximate surface area is 149 Å². The molecule has 4 heteroatoms. The summed E-state index contributed by atoms with van der Waals surface area (Å²) in [7, 11) is 0. The van der Waals surface area contributed by atoms with Crippen LogP contribution in [0.3, 0.4) is 0 Å². The van der Waals surface area contributed by atoms with Crippen molar-refractivity contribution in [3.05, 3.63) is 0 Å². The van der Waals surface area contributed by atoms with E-state index in [1.807, 2.05) is 13.8 Å². The molecule has 1 N–H and O–H groups in total. The van der Waals surface area contributed by atoms with Crippen molar-refractivity contribution in [3.63, 3.8) is 0 Å². The predicted molar refractivity (Wildman–Crippen MR) is 100 cm³/mol. The molecule has 0 radical (unpaired) electrons. The monoisotopic (exact) mass is 344 g/mol. The molecule has 0 rings (SSSR count). The van der Waals surface area contributed by atoms with Crippen LogP contribution in [0.15, 0.2) is 0 Å². The number of hydrogen-bond donors (Lipinski definition) is 1. The van der Waals surface area contributed by atoms with E-state index in [0.717, 1.165) is 12.8 Å². The zero-order chi connectivity index (χ0) is 18.5. The minimum absolute atomic E-state index is 0.131. The van der Waals surface area contributed by atoms with Gasteiger partial charge in [0.15, 0.2) is 0 Å². The lowest BCUT2D eigenvalue weighted by Crippen LogP contribution is -2.06. The van der Waals surface area contributed by atoms with Crippen LogP contribution in [-0.4, -0.2) is 23.7 Å². The van der Waals surface area contributed by atoms with Gasteiger partial charge < -0.3 is 9.84 Å². The Balaban J connectivity index is 0. The first kappa shape index (κ1) is 25.2. The third-order valence-electron chi connectivity index (χ3n) is 3.78. The third-order valence-corrected chi connectivity index (χ3v) is 3.78. The molecule has 0 unspecified atom stereocenters. The summed E-state index contributed by atoms with van der Waals surface area (Å²) < 4.78 is 5.13. The first-order valence-electron chi connectivity index (χ1n) is 10.0. The van der Waals surface area contributed by atoms with Crippen molar-refractivity contribution in [2.75, 3.05) is 6.61 Å². The van der Waals surface area contributed by atoms with E-state index < -0.39 is 5.97 Å². The van der Waals surface area contributed by atoms with Crippen molar-refractivity contribution in [2.45, 2.75) is 111 Å². The second kappa shape index (κ2) is 21.9. The summed E-state index contributed by atoms with van der Waals surface area (Å²) in [6.07, 6.45) is 14.3. The van der Waals surface area contributed by atoms with Crippen LogP contribution in [0, 0.1) is 0 Å². The van der Waals surface area contributed by atoms with Gasteiger partial charge >= 0.3 is 11.9 Å². The number of aliphatic carboxylic acids is 1. The fourth-order valence-electron chi connectivity index (χ4n) is 2.39. The maximum atomic E-state index is 11.4. The molecule has 0 aromatic rings. The number of esters is 1. The highest BCUT2D eigenvalue weighted by molar-refractivity contribution is 5.69. The van der Waals surface area contributed by atoms with Crippen LogP contribution < -0.4 is 0 Å². The fraction of sp³-hybridized carbons (Fsp3) is 0.900. The second-order valence-corrected chi connectivity index (χ2v) is 6.00. The molecule has 0 aliphatic heterocycles. The Bertz CT molecular complexity index is 277. The highest BCUT2D eigenvalue weighted by Crippen LogP contribution is 2.10. The minimum atomic E-state index is -0.807. The van der Waals surface area contributed by atoms with E-state index in [0.29, 0.717) is 25.9 Å². The molecule has 4 nitrogen and oxygen atoms in total. The van der Waals surface area contributed by atoms with Crippen molar-refractivity contribution in [3.8, 4) is 0 Å². The van der Waals surface area contributed by atoms with Gasteiger partial charge in [-0.1, -0.05) is 78.6 Å². The maximum absolute atomic E-state index is 11.4. The average molecular weight is 345 g/mol. The summed E-state index contributed by atoms with van der Waals surface area (Å²) in [5.74, 6) is -1.000. The van der Waals surface area contributed by atoms with Crippen LogP contribution in [-0.2, 0) is 14.3 Å². The summed E-state index contributed by atoms with van der Waals surface area (Å²) in [4.78, 5) is 21.7. The van der Waals surface area contributed by atoms with Crippen molar-refractivity contribution < 1.29 is 19.4 Å². The van der Waals surface area contributed by atoms with Gasteiger partial charge in [-0.15, -0.1) is 0 Å². The van der Waals surface area contributed by atoms with Crippen LogP contribution >= 0.6 is 0 Å². The van der Waals surface area contributed by atoms with E-state index in [1.165, 1.54) is 51.4 Å².